The molecule has 0 amide bonds. The summed E-state index contributed by atoms with van der Waals surface area (Å²) >= 11 is 5.51. The van der Waals surface area contributed by atoms with Crippen molar-refractivity contribution in [2.24, 2.45) is 0 Å². The topological polar surface area (TPSA) is 27.3 Å². The molecule has 2 N–H and O–H groups in total. The third kappa shape index (κ3) is 4.76. The van der Waals surface area contributed by atoms with E-state index in [4.69, 9.17) is 12.2 Å². The molecule has 0 unspecified atom stereocenters. The van der Waals surface area contributed by atoms with Crippen LogP contribution in [0.5, 0.6) is 0 Å². The normalized spacial score (nSPS) is 15.4. The lowest BCUT2D eigenvalue weighted by Crippen LogP contribution is -2.31. The second-order valence-corrected chi connectivity index (χ2v) is 7.69. The molecular formula is C22H29N3S. The molecule has 0 aliphatic carbocycles. The van der Waals surface area contributed by atoms with Gasteiger partial charge >= 0.3 is 0 Å². The van der Waals surface area contributed by atoms with Crippen molar-refractivity contribution in [3.05, 3.63) is 59.2 Å². The fraction of sp³-hybridized carbons (Fsp3) is 0.409. The van der Waals surface area contributed by atoms with E-state index in [9.17, 15) is 0 Å². The van der Waals surface area contributed by atoms with Crippen LogP contribution < -0.4 is 15.5 Å². The summed E-state index contributed by atoms with van der Waals surface area (Å²) in [7, 11) is 0. The Morgan fingerprint density at radius 2 is 1.69 bits per heavy atom. The second kappa shape index (κ2) is 8.54. The van der Waals surface area contributed by atoms with Gasteiger partial charge < -0.3 is 15.5 Å². The van der Waals surface area contributed by atoms with Gasteiger partial charge in [0.05, 0.1) is 6.04 Å². The molecule has 1 atom stereocenters. The van der Waals surface area contributed by atoms with Crippen LogP contribution in [0.3, 0.4) is 0 Å². The molecule has 1 aliphatic heterocycles. The monoisotopic (exact) mass is 367 g/mol. The number of thiocarbonyl (C=S) groups is 1. The van der Waals surface area contributed by atoms with Gasteiger partial charge in [-0.15, -0.1) is 0 Å². The number of hydrogen-bond acceptors (Lipinski definition) is 2. The maximum atomic E-state index is 5.51. The standard InChI is InChI=1S/C22H29N3S/c1-16-7-8-17(2)21(15-16)24-22(26)23-18(3)19-9-11-20(12-10-19)25-13-5-4-6-14-25/h7-12,15,18H,4-6,13-14H2,1-3H3,(H2,23,24,26)/t18-/m1/s1. The minimum absolute atomic E-state index is 0.163. The van der Waals surface area contributed by atoms with Crippen molar-refractivity contribution < 1.29 is 0 Å². The van der Waals surface area contributed by atoms with Gasteiger partial charge in [-0.05, 0) is 87.1 Å². The van der Waals surface area contributed by atoms with Crippen molar-refractivity contribution in [3.63, 3.8) is 0 Å². The van der Waals surface area contributed by atoms with Crippen LogP contribution >= 0.6 is 12.2 Å². The van der Waals surface area contributed by atoms with E-state index in [0.29, 0.717) is 5.11 Å². The molecule has 4 heteroatoms. The van der Waals surface area contributed by atoms with Gasteiger partial charge in [-0.2, -0.15) is 0 Å². The van der Waals surface area contributed by atoms with Crippen molar-refractivity contribution in [2.75, 3.05) is 23.3 Å². The first-order valence-electron chi connectivity index (χ1n) is 9.52. The van der Waals surface area contributed by atoms with Crippen molar-refractivity contribution in [3.8, 4) is 0 Å². The summed E-state index contributed by atoms with van der Waals surface area (Å²) in [4.78, 5) is 2.48. The van der Waals surface area contributed by atoms with Crippen LogP contribution in [0.2, 0.25) is 0 Å². The zero-order valence-corrected chi connectivity index (χ0v) is 16.8. The average Bonchev–Trinajstić information content (AvgIpc) is 2.65. The lowest BCUT2D eigenvalue weighted by Gasteiger charge is -2.29. The molecule has 138 valence electrons. The molecule has 0 spiro atoms. The first-order chi connectivity index (χ1) is 12.5. The molecule has 0 aromatic heterocycles. The Labute approximate surface area is 162 Å². The zero-order valence-electron chi connectivity index (χ0n) is 16.0. The average molecular weight is 368 g/mol. The smallest absolute Gasteiger partial charge is 0.171 e. The van der Waals surface area contributed by atoms with Crippen LogP contribution in [0.1, 0.15) is 48.9 Å². The summed E-state index contributed by atoms with van der Waals surface area (Å²) < 4.78 is 0. The van der Waals surface area contributed by atoms with Crippen LogP contribution in [-0.4, -0.2) is 18.2 Å². The molecule has 0 radical (unpaired) electrons. The molecule has 1 heterocycles. The number of hydrogen-bond donors (Lipinski definition) is 2. The maximum Gasteiger partial charge on any atom is 0.171 e. The predicted octanol–water partition coefficient (Wildman–Crippen LogP) is 5.34. The summed E-state index contributed by atoms with van der Waals surface area (Å²) in [5.41, 5.74) is 6.06. The Morgan fingerprint density at radius 1 is 1.00 bits per heavy atom. The van der Waals surface area contributed by atoms with Gasteiger partial charge in [-0.1, -0.05) is 24.3 Å². The summed E-state index contributed by atoms with van der Waals surface area (Å²) in [6, 6.07) is 15.4. The number of piperidine rings is 1. The van der Waals surface area contributed by atoms with Gasteiger partial charge in [0.25, 0.3) is 0 Å². The van der Waals surface area contributed by atoms with E-state index in [1.807, 2.05) is 0 Å². The minimum atomic E-state index is 0.163. The highest BCUT2D eigenvalue weighted by Gasteiger charge is 2.12. The lowest BCUT2D eigenvalue weighted by atomic mass is 10.1. The number of benzene rings is 2. The van der Waals surface area contributed by atoms with Gasteiger partial charge in [0.1, 0.15) is 0 Å². The van der Waals surface area contributed by atoms with Crippen LogP contribution in [0.15, 0.2) is 42.5 Å². The lowest BCUT2D eigenvalue weighted by molar-refractivity contribution is 0.577. The molecule has 1 fully saturated rings. The van der Waals surface area contributed by atoms with Gasteiger partial charge in [-0.25, -0.2) is 0 Å². The number of aryl methyl sites for hydroxylation is 2. The highest BCUT2D eigenvalue weighted by atomic mass is 32.1. The summed E-state index contributed by atoms with van der Waals surface area (Å²) in [6.07, 6.45) is 3.97. The molecule has 0 bridgehead atoms. The molecule has 1 aliphatic rings. The molecule has 2 aromatic carbocycles. The number of anilines is 2. The van der Waals surface area contributed by atoms with E-state index in [-0.39, 0.29) is 6.04 Å². The molecule has 3 nitrogen and oxygen atoms in total. The van der Waals surface area contributed by atoms with E-state index < -0.39 is 0 Å². The van der Waals surface area contributed by atoms with E-state index >= 15 is 0 Å². The Morgan fingerprint density at radius 3 is 2.38 bits per heavy atom. The van der Waals surface area contributed by atoms with E-state index in [2.05, 4.69) is 78.8 Å². The van der Waals surface area contributed by atoms with Crippen molar-refractivity contribution in [1.82, 2.24) is 5.32 Å². The fourth-order valence-corrected chi connectivity index (χ4v) is 3.72. The van der Waals surface area contributed by atoms with Crippen molar-refractivity contribution in [1.29, 1.82) is 0 Å². The van der Waals surface area contributed by atoms with E-state index in [0.717, 1.165) is 5.69 Å². The van der Waals surface area contributed by atoms with Gasteiger partial charge in [-0.3, -0.25) is 0 Å². The van der Waals surface area contributed by atoms with Crippen LogP contribution in [0, 0.1) is 13.8 Å². The first-order valence-corrected chi connectivity index (χ1v) is 9.93. The van der Waals surface area contributed by atoms with E-state index in [1.54, 1.807) is 0 Å². The zero-order chi connectivity index (χ0) is 18.5. The minimum Gasteiger partial charge on any atom is -0.372 e. The SMILES string of the molecule is Cc1ccc(C)c(NC(=S)N[C@H](C)c2ccc(N3CCCCC3)cc2)c1. The maximum absolute atomic E-state index is 5.51. The Kier molecular flexibility index (Phi) is 6.15. The summed E-state index contributed by atoms with van der Waals surface area (Å²) in [6.45, 7) is 8.68. The highest BCUT2D eigenvalue weighted by molar-refractivity contribution is 7.80. The van der Waals surface area contributed by atoms with Gasteiger partial charge in [0.15, 0.2) is 5.11 Å². The van der Waals surface area contributed by atoms with Crippen LogP contribution in [0.4, 0.5) is 11.4 Å². The van der Waals surface area contributed by atoms with Crippen LogP contribution in [-0.2, 0) is 0 Å². The van der Waals surface area contributed by atoms with Gasteiger partial charge in [0, 0.05) is 24.5 Å². The van der Waals surface area contributed by atoms with E-state index in [1.165, 1.54) is 54.7 Å². The third-order valence-electron chi connectivity index (χ3n) is 5.10. The summed E-state index contributed by atoms with van der Waals surface area (Å²) in [5.74, 6) is 0. The van der Waals surface area contributed by atoms with Crippen molar-refractivity contribution in [2.45, 2.75) is 46.1 Å². The molecule has 26 heavy (non-hydrogen) atoms. The highest BCUT2D eigenvalue weighted by Crippen LogP contribution is 2.23. The third-order valence-corrected chi connectivity index (χ3v) is 5.32. The predicted molar refractivity (Wildman–Crippen MR) is 116 cm³/mol. The molecule has 3 rings (SSSR count). The molecule has 0 saturated carbocycles. The van der Waals surface area contributed by atoms with Gasteiger partial charge in [0.2, 0.25) is 0 Å². The fourth-order valence-electron chi connectivity index (χ4n) is 3.43. The quantitative estimate of drug-likeness (QED) is 0.713. The molecular weight excluding hydrogens is 338 g/mol. The largest absolute Gasteiger partial charge is 0.372 e. The number of nitrogens with zero attached hydrogens (tertiary/aromatic N) is 1. The van der Waals surface area contributed by atoms with Crippen LogP contribution in [0.25, 0.3) is 0 Å². The van der Waals surface area contributed by atoms with Crippen molar-refractivity contribution >= 4 is 28.7 Å². The summed E-state index contributed by atoms with van der Waals surface area (Å²) in [5, 5.41) is 7.38. The Balaban J connectivity index is 1.59. The number of nitrogens with one attached hydrogen (secondary N) is 2. The first kappa shape index (κ1) is 18.7. The molecule has 2 aromatic rings. The second-order valence-electron chi connectivity index (χ2n) is 7.28. The number of rotatable bonds is 4. The Hall–Kier alpha value is -2.07. The Bertz CT molecular complexity index is 748. The molecule has 1 saturated heterocycles.